The second-order valence-electron chi connectivity index (χ2n) is 7.38. The molecule has 0 saturated carbocycles. The molecule has 0 saturated heterocycles. The zero-order chi connectivity index (χ0) is 21.1. The number of amides is 3. The van der Waals surface area contributed by atoms with E-state index in [0.29, 0.717) is 11.1 Å². The first-order chi connectivity index (χ1) is 14.5. The summed E-state index contributed by atoms with van der Waals surface area (Å²) in [6.07, 6.45) is 0.0423. The molecule has 1 aliphatic rings. The minimum absolute atomic E-state index is 0.0423. The van der Waals surface area contributed by atoms with Gasteiger partial charge < -0.3 is 5.32 Å². The maximum absolute atomic E-state index is 12.7. The van der Waals surface area contributed by atoms with Gasteiger partial charge in [0.2, 0.25) is 5.91 Å². The lowest BCUT2D eigenvalue weighted by atomic mass is 9.97. The summed E-state index contributed by atoms with van der Waals surface area (Å²) < 4.78 is 0. The van der Waals surface area contributed by atoms with Crippen molar-refractivity contribution in [2.24, 2.45) is 0 Å². The monoisotopic (exact) mass is 398 g/mol. The number of hydrogen-bond donors (Lipinski definition) is 1. The van der Waals surface area contributed by atoms with Crippen molar-refractivity contribution in [1.82, 2.24) is 10.2 Å². The van der Waals surface area contributed by atoms with E-state index in [-0.39, 0.29) is 36.7 Å². The van der Waals surface area contributed by atoms with Crippen LogP contribution < -0.4 is 5.32 Å². The molecule has 30 heavy (non-hydrogen) atoms. The van der Waals surface area contributed by atoms with Crippen molar-refractivity contribution in [3.8, 4) is 0 Å². The first-order valence-corrected chi connectivity index (χ1v) is 9.90. The highest BCUT2D eigenvalue weighted by atomic mass is 16.2. The average Bonchev–Trinajstić information content (AvgIpc) is 3.02. The Morgan fingerprint density at radius 3 is 1.93 bits per heavy atom. The van der Waals surface area contributed by atoms with Crippen LogP contribution in [0.2, 0.25) is 0 Å². The Hall–Kier alpha value is -3.73. The third kappa shape index (κ3) is 3.87. The van der Waals surface area contributed by atoms with Crippen LogP contribution in [0.4, 0.5) is 0 Å². The average molecular weight is 398 g/mol. The van der Waals surface area contributed by atoms with E-state index in [1.54, 1.807) is 24.3 Å². The highest BCUT2D eigenvalue weighted by Gasteiger charge is 2.35. The lowest BCUT2D eigenvalue weighted by Gasteiger charge is -2.21. The minimum Gasteiger partial charge on any atom is -0.345 e. The largest absolute Gasteiger partial charge is 0.345 e. The molecule has 3 aromatic rings. The van der Waals surface area contributed by atoms with E-state index in [2.05, 4.69) is 5.32 Å². The predicted octanol–water partition coefficient (Wildman–Crippen LogP) is 3.89. The lowest BCUT2D eigenvalue weighted by molar-refractivity contribution is -0.121. The van der Waals surface area contributed by atoms with Crippen molar-refractivity contribution < 1.29 is 14.4 Å². The number of benzene rings is 3. The second kappa shape index (κ2) is 8.33. The van der Waals surface area contributed by atoms with Gasteiger partial charge in [0, 0.05) is 13.0 Å². The van der Waals surface area contributed by atoms with Crippen LogP contribution in [-0.2, 0) is 4.79 Å². The highest BCUT2D eigenvalue weighted by Crippen LogP contribution is 2.24. The molecule has 1 atom stereocenters. The third-order valence-electron chi connectivity index (χ3n) is 5.29. The van der Waals surface area contributed by atoms with Crippen molar-refractivity contribution in [3.63, 3.8) is 0 Å². The molecule has 0 spiro atoms. The quantitative estimate of drug-likeness (QED) is 0.641. The molecule has 3 aromatic carbocycles. The van der Waals surface area contributed by atoms with Gasteiger partial charge in [0.05, 0.1) is 17.2 Å². The molecule has 5 nitrogen and oxygen atoms in total. The first-order valence-electron chi connectivity index (χ1n) is 9.90. The maximum Gasteiger partial charge on any atom is 0.261 e. The summed E-state index contributed by atoms with van der Waals surface area (Å²) in [4.78, 5) is 38.9. The molecule has 0 aliphatic carbocycles. The predicted molar refractivity (Wildman–Crippen MR) is 114 cm³/mol. The second-order valence-corrected chi connectivity index (χ2v) is 7.38. The van der Waals surface area contributed by atoms with Crippen molar-refractivity contribution in [3.05, 3.63) is 107 Å². The highest BCUT2D eigenvalue weighted by molar-refractivity contribution is 6.21. The van der Waals surface area contributed by atoms with Crippen LogP contribution in [-0.4, -0.2) is 29.2 Å². The van der Waals surface area contributed by atoms with Crippen molar-refractivity contribution >= 4 is 17.7 Å². The van der Waals surface area contributed by atoms with Crippen molar-refractivity contribution in [2.75, 3.05) is 6.54 Å². The van der Waals surface area contributed by atoms with E-state index in [1.807, 2.05) is 61.5 Å². The van der Waals surface area contributed by atoms with E-state index in [0.717, 1.165) is 21.6 Å². The molecule has 1 heterocycles. The van der Waals surface area contributed by atoms with Crippen LogP contribution in [0, 0.1) is 6.92 Å². The number of imide groups is 1. The summed E-state index contributed by atoms with van der Waals surface area (Å²) in [5, 5.41) is 3.06. The fraction of sp³-hybridized carbons (Fsp3) is 0.160. The number of nitrogens with zero attached hydrogens (tertiary/aromatic N) is 1. The Morgan fingerprint density at radius 2 is 1.33 bits per heavy atom. The number of aryl methyl sites for hydroxylation is 1. The fourth-order valence-corrected chi connectivity index (χ4v) is 3.65. The van der Waals surface area contributed by atoms with Gasteiger partial charge >= 0.3 is 0 Å². The third-order valence-corrected chi connectivity index (χ3v) is 5.29. The van der Waals surface area contributed by atoms with Crippen LogP contribution in [0.25, 0.3) is 0 Å². The summed E-state index contributed by atoms with van der Waals surface area (Å²) in [5.41, 5.74) is 3.87. The van der Waals surface area contributed by atoms with Crippen LogP contribution in [0.15, 0.2) is 78.9 Å². The minimum atomic E-state index is -0.346. The van der Waals surface area contributed by atoms with E-state index in [1.165, 1.54) is 0 Å². The lowest BCUT2D eigenvalue weighted by Crippen LogP contribution is -2.36. The van der Waals surface area contributed by atoms with E-state index in [4.69, 9.17) is 0 Å². The summed E-state index contributed by atoms with van der Waals surface area (Å²) in [6.45, 7) is 2.07. The number of carbonyl (C=O) groups excluding carboxylic acids is 3. The molecule has 1 aliphatic heterocycles. The number of fused-ring (bicyclic) bond motifs is 1. The molecule has 0 radical (unpaired) electrons. The maximum atomic E-state index is 12.7. The van der Waals surface area contributed by atoms with Crippen LogP contribution >= 0.6 is 0 Å². The van der Waals surface area contributed by atoms with Gasteiger partial charge in [0.25, 0.3) is 11.8 Å². The summed E-state index contributed by atoms with van der Waals surface area (Å²) in [5.74, 6) is -0.913. The molecule has 150 valence electrons. The molecular formula is C25H22N2O3. The topological polar surface area (TPSA) is 66.5 Å². The Bertz CT molecular complexity index is 1060. The van der Waals surface area contributed by atoms with Gasteiger partial charge in [-0.2, -0.15) is 0 Å². The molecule has 1 N–H and O–H groups in total. The fourth-order valence-electron chi connectivity index (χ4n) is 3.65. The van der Waals surface area contributed by atoms with Gasteiger partial charge in [0.15, 0.2) is 0 Å². The Balaban J connectivity index is 1.47. The molecule has 0 aromatic heterocycles. The van der Waals surface area contributed by atoms with Crippen LogP contribution in [0.3, 0.4) is 0 Å². The Kier molecular flexibility index (Phi) is 5.44. The number of nitrogens with one attached hydrogen (secondary N) is 1. The van der Waals surface area contributed by atoms with Crippen LogP contribution in [0.1, 0.15) is 49.9 Å². The molecule has 0 unspecified atom stereocenters. The van der Waals surface area contributed by atoms with Crippen LogP contribution in [0.5, 0.6) is 0 Å². The van der Waals surface area contributed by atoms with E-state index in [9.17, 15) is 14.4 Å². The summed E-state index contributed by atoms with van der Waals surface area (Å²) >= 11 is 0. The van der Waals surface area contributed by atoms with Crippen molar-refractivity contribution in [2.45, 2.75) is 19.4 Å². The number of carbonyl (C=O) groups is 3. The zero-order valence-electron chi connectivity index (χ0n) is 16.7. The molecule has 4 rings (SSSR count). The number of hydrogen-bond acceptors (Lipinski definition) is 3. The molecule has 5 heteroatoms. The molecular weight excluding hydrogens is 376 g/mol. The van der Waals surface area contributed by atoms with Gasteiger partial charge in [-0.3, -0.25) is 19.3 Å². The molecule has 0 fully saturated rings. The normalized spacial score (nSPS) is 13.8. The summed E-state index contributed by atoms with van der Waals surface area (Å²) in [7, 11) is 0. The van der Waals surface area contributed by atoms with Gasteiger partial charge in [0.1, 0.15) is 0 Å². The summed E-state index contributed by atoms with van der Waals surface area (Å²) in [6, 6.07) is 24.2. The van der Waals surface area contributed by atoms with E-state index >= 15 is 0 Å². The number of rotatable bonds is 6. The first kappa shape index (κ1) is 19.6. The van der Waals surface area contributed by atoms with Gasteiger partial charge in [-0.05, 0) is 30.2 Å². The van der Waals surface area contributed by atoms with Crippen molar-refractivity contribution in [1.29, 1.82) is 0 Å². The van der Waals surface area contributed by atoms with Gasteiger partial charge in [-0.1, -0.05) is 72.3 Å². The van der Waals surface area contributed by atoms with E-state index < -0.39 is 0 Å². The molecule has 0 bridgehead atoms. The SMILES string of the molecule is Cc1ccc([C@H](NC(=O)CCN2C(=O)c3ccccc3C2=O)c2ccccc2)cc1. The molecule has 3 amide bonds. The Morgan fingerprint density at radius 1 is 0.800 bits per heavy atom. The standard InChI is InChI=1S/C25H22N2O3/c1-17-11-13-19(14-12-17)23(18-7-3-2-4-8-18)26-22(28)15-16-27-24(29)20-9-5-6-10-21(20)25(27)30/h2-14,23H,15-16H2,1H3,(H,26,28)/t23-/m1/s1. The Labute approximate surface area is 175 Å². The van der Waals surface area contributed by atoms with Gasteiger partial charge in [-0.25, -0.2) is 0 Å². The zero-order valence-corrected chi connectivity index (χ0v) is 16.7. The van der Waals surface area contributed by atoms with Gasteiger partial charge in [-0.15, -0.1) is 0 Å². The smallest absolute Gasteiger partial charge is 0.261 e.